The number of rotatable bonds is 4. The minimum Gasteiger partial charge on any atom is -0.456 e. The fraction of sp³-hybridized carbons (Fsp3) is 0. The van der Waals surface area contributed by atoms with Crippen LogP contribution in [-0.4, -0.2) is 4.57 Å². The van der Waals surface area contributed by atoms with Gasteiger partial charge >= 0.3 is 0 Å². The molecular weight excluding hydrogens is 645 g/mol. The molecule has 0 radical (unpaired) electrons. The first-order valence-corrected chi connectivity index (χ1v) is 18.2. The molecule has 0 spiro atoms. The van der Waals surface area contributed by atoms with Gasteiger partial charge in [0.1, 0.15) is 11.2 Å². The lowest BCUT2D eigenvalue weighted by atomic mass is 9.92. The van der Waals surface area contributed by atoms with Gasteiger partial charge in [-0.25, -0.2) is 0 Å². The molecule has 0 aliphatic heterocycles. The van der Waals surface area contributed by atoms with E-state index in [1.807, 2.05) is 0 Å². The summed E-state index contributed by atoms with van der Waals surface area (Å²) in [5.74, 6) is 0. The molecule has 2 heterocycles. The van der Waals surface area contributed by atoms with Crippen LogP contribution in [0.4, 0.5) is 17.1 Å². The average molecular weight is 675 g/mol. The SMILES string of the molecule is c1ccc(N(c2ccc3c(c2)-c2cccc4c2c2c5c-3cccc5ccc2n4-c2ccccc2)c2ccc3oc4cc5ccccc5cc4c3c2)cc1. The molecule has 9 aromatic carbocycles. The van der Waals surface area contributed by atoms with E-state index in [2.05, 4.69) is 191 Å². The summed E-state index contributed by atoms with van der Waals surface area (Å²) in [5.41, 5.74) is 13.7. The summed E-state index contributed by atoms with van der Waals surface area (Å²) < 4.78 is 8.86. The first-order chi connectivity index (χ1) is 26.3. The van der Waals surface area contributed by atoms with Crippen molar-refractivity contribution in [3.05, 3.63) is 182 Å². The van der Waals surface area contributed by atoms with Gasteiger partial charge in [-0.1, -0.05) is 103 Å². The Morgan fingerprint density at radius 2 is 1.02 bits per heavy atom. The number of para-hydroxylation sites is 2. The van der Waals surface area contributed by atoms with E-state index >= 15 is 0 Å². The van der Waals surface area contributed by atoms with Gasteiger partial charge in [0.05, 0.1) is 11.0 Å². The highest BCUT2D eigenvalue weighted by Crippen LogP contribution is 2.51. The van der Waals surface area contributed by atoms with Gasteiger partial charge in [0.2, 0.25) is 0 Å². The zero-order valence-electron chi connectivity index (χ0n) is 28.6. The molecule has 0 fully saturated rings. The third-order valence-electron chi connectivity index (χ3n) is 11.2. The van der Waals surface area contributed by atoms with Gasteiger partial charge in [-0.05, 0) is 123 Å². The zero-order valence-corrected chi connectivity index (χ0v) is 28.6. The van der Waals surface area contributed by atoms with Crippen molar-refractivity contribution in [2.75, 3.05) is 4.90 Å². The molecule has 11 aromatic rings. The maximum Gasteiger partial charge on any atom is 0.136 e. The van der Waals surface area contributed by atoms with Crippen molar-refractivity contribution < 1.29 is 4.42 Å². The number of hydrogen-bond donors (Lipinski definition) is 0. The fourth-order valence-corrected chi connectivity index (χ4v) is 8.97. The summed E-state index contributed by atoms with van der Waals surface area (Å²) in [6, 6.07) is 66.1. The van der Waals surface area contributed by atoms with Crippen LogP contribution in [0.2, 0.25) is 0 Å². The zero-order chi connectivity index (χ0) is 34.6. The van der Waals surface area contributed by atoms with Crippen LogP contribution >= 0.6 is 0 Å². The van der Waals surface area contributed by atoms with Crippen LogP contribution in [0.3, 0.4) is 0 Å². The molecular formula is C50H30N2O. The molecule has 0 bridgehead atoms. The first-order valence-electron chi connectivity index (χ1n) is 18.2. The predicted molar refractivity (Wildman–Crippen MR) is 222 cm³/mol. The van der Waals surface area contributed by atoms with E-state index in [9.17, 15) is 0 Å². The monoisotopic (exact) mass is 674 g/mol. The van der Waals surface area contributed by atoms with Crippen LogP contribution in [0.5, 0.6) is 0 Å². The maximum atomic E-state index is 6.43. The molecule has 0 N–H and O–H groups in total. The average Bonchev–Trinajstić information content (AvgIpc) is 3.71. The Morgan fingerprint density at radius 3 is 1.87 bits per heavy atom. The topological polar surface area (TPSA) is 21.3 Å². The molecule has 1 aliphatic carbocycles. The minimum atomic E-state index is 0.887. The molecule has 0 saturated carbocycles. The second-order valence-corrected chi connectivity index (χ2v) is 14.1. The summed E-state index contributed by atoms with van der Waals surface area (Å²) in [6.45, 7) is 0. The second kappa shape index (κ2) is 10.7. The molecule has 12 rings (SSSR count). The summed E-state index contributed by atoms with van der Waals surface area (Å²) in [6.07, 6.45) is 0. The van der Waals surface area contributed by atoms with E-state index in [4.69, 9.17) is 4.42 Å². The number of hydrogen-bond acceptors (Lipinski definition) is 2. The number of aromatic nitrogens is 1. The Labute approximate surface area is 305 Å². The normalized spacial score (nSPS) is 12.2. The van der Waals surface area contributed by atoms with E-state index in [0.29, 0.717) is 0 Å². The van der Waals surface area contributed by atoms with E-state index in [0.717, 1.165) is 39.0 Å². The van der Waals surface area contributed by atoms with Crippen LogP contribution in [0, 0.1) is 0 Å². The largest absolute Gasteiger partial charge is 0.456 e. The number of fused-ring (bicyclic) bond motifs is 7. The predicted octanol–water partition coefficient (Wildman–Crippen LogP) is 14.1. The molecule has 3 nitrogen and oxygen atoms in total. The summed E-state index contributed by atoms with van der Waals surface area (Å²) in [7, 11) is 0. The van der Waals surface area contributed by atoms with Crippen LogP contribution in [0.1, 0.15) is 0 Å². The lowest BCUT2D eigenvalue weighted by Gasteiger charge is -2.27. The molecule has 53 heavy (non-hydrogen) atoms. The van der Waals surface area contributed by atoms with Gasteiger partial charge in [-0.2, -0.15) is 0 Å². The second-order valence-electron chi connectivity index (χ2n) is 14.1. The van der Waals surface area contributed by atoms with Crippen molar-refractivity contribution in [1.82, 2.24) is 4.57 Å². The number of anilines is 3. The summed E-state index contributed by atoms with van der Waals surface area (Å²) in [5, 5.41) is 9.80. The highest BCUT2D eigenvalue weighted by atomic mass is 16.3. The van der Waals surface area contributed by atoms with E-state index in [1.165, 1.54) is 71.3 Å². The summed E-state index contributed by atoms with van der Waals surface area (Å²) in [4.78, 5) is 2.38. The highest BCUT2D eigenvalue weighted by molar-refractivity contribution is 6.30. The van der Waals surface area contributed by atoms with Crippen molar-refractivity contribution in [1.29, 1.82) is 0 Å². The van der Waals surface area contributed by atoms with Gasteiger partial charge in [-0.15, -0.1) is 0 Å². The minimum absolute atomic E-state index is 0.887. The van der Waals surface area contributed by atoms with Crippen molar-refractivity contribution >= 4 is 82.4 Å². The number of furan rings is 1. The lowest BCUT2D eigenvalue weighted by molar-refractivity contribution is 0.669. The van der Waals surface area contributed by atoms with Crippen LogP contribution in [0.25, 0.3) is 93.2 Å². The molecule has 0 saturated heterocycles. The van der Waals surface area contributed by atoms with Crippen LogP contribution in [0.15, 0.2) is 186 Å². The quantitative estimate of drug-likeness (QED) is 0.185. The Hall–Kier alpha value is -7.10. The van der Waals surface area contributed by atoms with Gasteiger partial charge in [0.25, 0.3) is 0 Å². The Balaban J connectivity index is 1.13. The van der Waals surface area contributed by atoms with Gasteiger partial charge in [0, 0.05) is 44.3 Å². The Kier molecular flexibility index (Phi) is 5.77. The standard InChI is InChI=1S/C50H30N2O/c1-3-14-34(15-4-1)51(37-23-26-46-43(30-37)42-27-32-11-7-8-12-33(32)28-47(42)53-46)36-22-24-38-39-18-9-13-31-21-25-45-50(48(31)39)49-40(41(38)29-36)19-10-20-44(49)52(45)35-16-5-2-6-17-35/h1-30H. The third-order valence-corrected chi connectivity index (χ3v) is 11.2. The Morgan fingerprint density at radius 1 is 0.358 bits per heavy atom. The van der Waals surface area contributed by atoms with Crippen molar-refractivity contribution in [2.24, 2.45) is 0 Å². The van der Waals surface area contributed by atoms with E-state index < -0.39 is 0 Å². The molecule has 3 heteroatoms. The molecule has 0 atom stereocenters. The van der Waals surface area contributed by atoms with E-state index in [-0.39, 0.29) is 0 Å². The molecule has 246 valence electrons. The molecule has 0 amide bonds. The lowest BCUT2D eigenvalue weighted by Crippen LogP contribution is -2.10. The molecule has 2 aromatic heterocycles. The summed E-state index contributed by atoms with van der Waals surface area (Å²) >= 11 is 0. The molecule has 1 aliphatic rings. The van der Waals surface area contributed by atoms with Crippen molar-refractivity contribution in [3.8, 4) is 27.9 Å². The highest BCUT2D eigenvalue weighted by Gasteiger charge is 2.26. The van der Waals surface area contributed by atoms with Gasteiger partial charge in [-0.3, -0.25) is 0 Å². The van der Waals surface area contributed by atoms with Gasteiger partial charge < -0.3 is 13.9 Å². The fourth-order valence-electron chi connectivity index (χ4n) is 8.97. The van der Waals surface area contributed by atoms with Crippen molar-refractivity contribution in [3.63, 3.8) is 0 Å². The first kappa shape index (κ1) is 28.6. The van der Waals surface area contributed by atoms with Crippen LogP contribution in [-0.2, 0) is 0 Å². The third kappa shape index (κ3) is 4.05. The smallest absolute Gasteiger partial charge is 0.136 e. The van der Waals surface area contributed by atoms with Crippen LogP contribution < -0.4 is 4.90 Å². The maximum absolute atomic E-state index is 6.43. The van der Waals surface area contributed by atoms with Crippen molar-refractivity contribution in [2.45, 2.75) is 0 Å². The number of benzene rings is 9. The number of nitrogens with zero attached hydrogens (tertiary/aromatic N) is 2. The van der Waals surface area contributed by atoms with Gasteiger partial charge in [0.15, 0.2) is 0 Å². The van der Waals surface area contributed by atoms with E-state index in [1.54, 1.807) is 0 Å². The Bertz CT molecular complexity index is 3280. The molecule has 0 unspecified atom stereocenters.